The molecule has 1 aliphatic rings. The summed E-state index contributed by atoms with van der Waals surface area (Å²) in [7, 11) is 5.80. The van der Waals surface area contributed by atoms with Gasteiger partial charge in [0.15, 0.2) is 6.10 Å². The molecule has 0 heterocycles. The molecule has 34 heavy (non-hydrogen) atoms. The minimum absolute atomic E-state index is 0.0867. The number of aliphatic carboxylic acids is 1. The van der Waals surface area contributed by atoms with Crippen LogP contribution in [0.4, 0.5) is 0 Å². The second-order valence-corrected chi connectivity index (χ2v) is 10.5. The number of carbonyl (C=O) groups excluding carboxylic acids is 2. The van der Waals surface area contributed by atoms with Crippen molar-refractivity contribution in [3.05, 3.63) is 23.8 Å². The van der Waals surface area contributed by atoms with Crippen molar-refractivity contribution >= 4 is 17.7 Å². The molecule has 0 aromatic heterocycles. The lowest BCUT2D eigenvalue weighted by atomic mass is 9.92. The molecule has 0 saturated heterocycles. The zero-order valence-corrected chi connectivity index (χ0v) is 21.6. The molecule has 0 aromatic rings. The highest BCUT2D eigenvalue weighted by Crippen LogP contribution is 2.29. The van der Waals surface area contributed by atoms with E-state index < -0.39 is 18.2 Å². The van der Waals surface area contributed by atoms with E-state index in [0.717, 1.165) is 56.9 Å². The first-order valence-corrected chi connectivity index (χ1v) is 12.8. The summed E-state index contributed by atoms with van der Waals surface area (Å²) in [5, 5.41) is 19.1. The van der Waals surface area contributed by atoms with Gasteiger partial charge in [0.25, 0.3) is 0 Å². The quantitative estimate of drug-likeness (QED) is 0.171. The molecule has 7 nitrogen and oxygen atoms in total. The van der Waals surface area contributed by atoms with Crippen LogP contribution in [0.15, 0.2) is 23.8 Å². The molecule has 7 heteroatoms. The summed E-state index contributed by atoms with van der Waals surface area (Å²) in [6.07, 6.45) is 13.4. The van der Waals surface area contributed by atoms with E-state index in [0.29, 0.717) is 23.9 Å². The first kappa shape index (κ1) is 30.0. The molecular formula is C27H46NO6+. The first-order valence-electron chi connectivity index (χ1n) is 12.8. The number of carboxylic acids is 1. The number of Topliss-reactive ketones (excluding diaryl/α,β-unsaturated/α-hetero) is 1. The van der Waals surface area contributed by atoms with Crippen molar-refractivity contribution in [2.24, 2.45) is 5.92 Å². The third-order valence-corrected chi connectivity index (χ3v) is 6.02. The molecule has 0 aliphatic heterocycles. The molecule has 0 spiro atoms. The molecular weight excluding hydrogens is 434 g/mol. The van der Waals surface area contributed by atoms with Gasteiger partial charge in [0.2, 0.25) is 0 Å². The number of carbonyl (C=O) groups is 3. The molecule has 0 bridgehead atoms. The number of hydrogen-bond acceptors (Lipinski definition) is 5. The number of ether oxygens (including phenoxy) is 1. The number of rotatable bonds is 18. The van der Waals surface area contributed by atoms with E-state index in [-0.39, 0.29) is 30.5 Å². The van der Waals surface area contributed by atoms with Gasteiger partial charge >= 0.3 is 11.9 Å². The lowest BCUT2D eigenvalue weighted by Gasteiger charge is -2.28. The minimum Gasteiger partial charge on any atom is -0.481 e. The van der Waals surface area contributed by atoms with Gasteiger partial charge in [0.1, 0.15) is 12.3 Å². The largest absolute Gasteiger partial charge is 0.481 e. The maximum Gasteiger partial charge on any atom is 0.307 e. The summed E-state index contributed by atoms with van der Waals surface area (Å²) in [6.45, 7) is 2.59. The highest BCUT2D eigenvalue weighted by atomic mass is 16.5. The van der Waals surface area contributed by atoms with Crippen LogP contribution in [0.5, 0.6) is 0 Å². The smallest absolute Gasteiger partial charge is 0.307 e. The molecule has 0 saturated carbocycles. The second-order valence-electron chi connectivity index (χ2n) is 10.5. The predicted molar refractivity (Wildman–Crippen MR) is 133 cm³/mol. The van der Waals surface area contributed by atoms with Gasteiger partial charge in [-0.3, -0.25) is 14.4 Å². The number of aliphatic hydroxyl groups excluding tert-OH is 1. The minimum atomic E-state index is -0.970. The molecule has 1 aliphatic carbocycles. The van der Waals surface area contributed by atoms with E-state index in [2.05, 4.69) is 6.92 Å². The van der Waals surface area contributed by atoms with Crippen LogP contribution in [0, 0.1) is 5.92 Å². The number of quaternary nitrogens is 1. The number of hydrogen-bond donors (Lipinski definition) is 2. The fourth-order valence-corrected chi connectivity index (χ4v) is 4.29. The molecule has 0 radical (unpaired) electrons. The van der Waals surface area contributed by atoms with Gasteiger partial charge in [-0.15, -0.1) is 0 Å². The maximum absolute atomic E-state index is 12.3. The lowest BCUT2D eigenvalue weighted by molar-refractivity contribution is -0.873. The molecule has 0 fully saturated rings. The zero-order chi connectivity index (χ0) is 25.6. The Morgan fingerprint density at radius 3 is 2.50 bits per heavy atom. The van der Waals surface area contributed by atoms with E-state index in [4.69, 9.17) is 9.84 Å². The van der Waals surface area contributed by atoms with Crippen molar-refractivity contribution in [2.75, 3.05) is 27.7 Å². The Labute approximate surface area is 205 Å². The zero-order valence-electron chi connectivity index (χ0n) is 21.6. The van der Waals surface area contributed by atoms with E-state index in [1.54, 1.807) is 0 Å². The van der Waals surface area contributed by atoms with Crippen LogP contribution in [0.1, 0.15) is 84.0 Å². The van der Waals surface area contributed by atoms with Crippen molar-refractivity contribution < 1.29 is 33.8 Å². The molecule has 194 valence electrons. The number of esters is 1. The Morgan fingerprint density at radius 2 is 1.85 bits per heavy atom. The SMILES string of the molecule is CCCCCC(O)/C=C/C1=CCC(=O)C1CCCCCCC(=O)OC(CC(=O)O)C[N+](C)(C)C. The van der Waals surface area contributed by atoms with Crippen LogP contribution in [-0.2, 0) is 19.1 Å². The average molecular weight is 481 g/mol. The van der Waals surface area contributed by atoms with Crippen molar-refractivity contribution in [3.63, 3.8) is 0 Å². The van der Waals surface area contributed by atoms with Crippen LogP contribution in [0.25, 0.3) is 0 Å². The number of nitrogens with zero attached hydrogens (tertiary/aromatic N) is 1. The van der Waals surface area contributed by atoms with Gasteiger partial charge in [-0.05, 0) is 24.8 Å². The van der Waals surface area contributed by atoms with Crippen LogP contribution < -0.4 is 0 Å². The third-order valence-electron chi connectivity index (χ3n) is 6.02. The Balaban J connectivity index is 2.31. The summed E-state index contributed by atoms with van der Waals surface area (Å²) < 4.78 is 5.94. The fourth-order valence-electron chi connectivity index (χ4n) is 4.29. The molecule has 0 amide bonds. The number of unbranched alkanes of at least 4 members (excludes halogenated alkanes) is 5. The Hall–Kier alpha value is -1.99. The summed E-state index contributed by atoms with van der Waals surface area (Å²) in [4.78, 5) is 35.5. The van der Waals surface area contributed by atoms with Gasteiger partial charge in [-0.25, -0.2) is 0 Å². The molecule has 0 aromatic carbocycles. The van der Waals surface area contributed by atoms with E-state index in [9.17, 15) is 19.5 Å². The lowest BCUT2D eigenvalue weighted by Crippen LogP contribution is -2.43. The maximum atomic E-state index is 12.3. The van der Waals surface area contributed by atoms with Crippen molar-refractivity contribution in [3.8, 4) is 0 Å². The van der Waals surface area contributed by atoms with Gasteiger partial charge < -0.3 is 19.4 Å². The number of ketones is 1. The topological polar surface area (TPSA) is 101 Å². The van der Waals surface area contributed by atoms with Crippen molar-refractivity contribution in [1.29, 1.82) is 0 Å². The van der Waals surface area contributed by atoms with Crippen LogP contribution in [0.3, 0.4) is 0 Å². The molecule has 3 atom stereocenters. The summed E-state index contributed by atoms with van der Waals surface area (Å²) >= 11 is 0. The third kappa shape index (κ3) is 13.7. The van der Waals surface area contributed by atoms with Gasteiger partial charge in [0.05, 0.1) is 33.7 Å². The highest BCUT2D eigenvalue weighted by Gasteiger charge is 2.26. The van der Waals surface area contributed by atoms with Gasteiger partial charge in [-0.1, -0.05) is 63.7 Å². The van der Waals surface area contributed by atoms with Crippen molar-refractivity contribution in [1.82, 2.24) is 0 Å². The Morgan fingerprint density at radius 1 is 1.15 bits per heavy atom. The summed E-state index contributed by atoms with van der Waals surface area (Å²) in [5.74, 6) is -1.16. The van der Waals surface area contributed by atoms with Crippen LogP contribution >= 0.6 is 0 Å². The molecule has 3 unspecified atom stereocenters. The molecule has 2 N–H and O–H groups in total. The van der Waals surface area contributed by atoms with Crippen molar-refractivity contribution in [2.45, 2.75) is 96.2 Å². The standard InChI is InChI=1S/C27H45NO6/c1-5-6-9-12-22(29)17-15-21-16-18-25(30)24(21)13-10-7-8-11-14-27(33)34-23(19-26(31)32)20-28(2,3)4/h15-17,22-24,29H,5-14,18-20H2,1-4H3/p+1/b17-15+. The molecule has 1 rings (SSSR count). The van der Waals surface area contributed by atoms with Gasteiger partial charge in [0, 0.05) is 18.8 Å². The first-order chi connectivity index (χ1) is 16.0. The average Bonchev–Trinajstić information content (AvgIpc) is 3.07. The number of likely N-dealkylation sites (N-methyl/N-ethyl adjacent to an activating group) is 1. The normalized spacial score (nSPS) is 18.2. The fraction of sp³-hybridized carbons (Fsp3) is 0.741. The summed E-state index contributed by atoms with van der Waals surface area (Å²) in [5.41, 5.74) is 1.02. The van der Waals surface area contributed by atoms with E-state index >= 15 is 0 Å². The van der Waals surface area contributed by atoms with Crippen LogP contribution in [0.2, 0.25) is 0 Å². The number of allylic oxidation sites excluding steroid dienone is 3. The highest BCUT2D eigenvalue weighted by molar-refractivity contribution is 5.89. The monoisotopic (exact) mass is 480 g/mol. The predicted octanol–water partition coefficient (Wildman–Crippen LogP) is 4.43. The van der Waals surface area contributed by atoms with E-state index in [1.807, 2.05) is 39.4 Å². The Kier molecular flexibility index (Phi) is 14.0. The van der Waals surface area contributed by atoms with Crippen LogP contribution in [-0.4, -0.2) is 72.3 Å². The number of carboxylic acid groups (broad SMARTS) is 1. The van der Waals surface area contributed by atoms with Gasteiger partial charge in [-0.2, -0.15) is 0 Å². The summed E-state index contributed by atoms with van der Waals surface area (Å²) in [6, 6.07) is 0. The Bertz CT molecular complexity index is 706. The number of aliphatic hydroxyl groups is 1. The second kappa shape index (κ2) is 15.8. The van der Waals surface area contributed by atoms with E-state index in [1.165, 1.54) is 0 Å².